The predicted molar refractivity (Wildman–Crippen MR) is 182 cm³/mol. The second kappa shape index (κ2) is 10.6. The summed E-state index contributed by atoms with van der Waals surface area (Å²) >= 11 is 0. The van der Waals surface area contributed by atoms with Gasteiger partial charge in [-0.15, -0.1) is 0 Å². The second-order valence-electron chi connectivity index (χ2n) is 10.8. The highest BCUT2D eigenvalue weighted by atomic mass is 15.2. The fraction of sp³-hybridized carbons (Fsp3) is 0. The van der Waals surface area contributed by atoms with E-state index < -0.39 is 0 Å². The maximum absolute atomic E-state index is 4.77. The van der Waals surface area contributed by atoms with Crippen LogP contribution in [0.2, 0.25) is 0 Å². The molecule has 0 unspecified atom stereocenters. The zero-order valence-corrected chi connectivity index (χ0v) is 23.6. The number of aromatic nitrogens is 1. The van der Waals surface area contributed by atoms with Crippen molar-refractivity contribution in [2.24, 2.45) is 0 Å². The van der Waals surface area contributed by atoms with Gasteiger partial charge in [0.1, 0.15) is 5.82 Å². The first kappa shape index (κ1) is 25.0. The fourth-order valence-corrected chi connectivity index (χ4v) is 6.42. The van der Waals surface area contributed by atoms with Gasteiger partial charge in [0.15, 0.2) is 0 Å². The SMILES string of the molecule is c1ccc(-c2c3ccccc3c(-c3ccc(N(c4ccccn4)c4cccc5ccccc45)cc3)c3ccccc23)cc1. The average molecular weight is 549 g/mol. The molecule has 0 aliphatic heterocycles. The van der Waals surface area contributed by atoms with E-state index in [9.17, 15) is 0 Å². The maximum atomic E-state index is 4.77. The van der Waals surface area contributed by atoms with Gasteiger partial charge < -0.3 is 0 Å². The Bertz CT molecular complexity index is 2160. The van der Waals surface area contributed by atoms with Gasteiger partial charge in [0.2, 0.25) is 0 Å². The molecule has 2 heteroatoms. The van der Waals surface area contributed by atoms with Gasteiger partial charge in [0.05, 0.1) is 5.69 Å². The van der Waals surface area contributed by atoms with Crippen molar-refractivity contribution in [3.8, 4) is 22.3 Å². The van der Waals surface area contributed by atoms with E-state index in [4.69, 9.17) is 4.98 Å². The Kier molecular flexibility index (Phi) is 6.16. The Hall–Kier alpha value is -5.73. The van der Waals surface area contributed by atoms with Crippen molar-refractivity contribution in [1.82, 2.24) is 4.98 Å². The van der Waals surface area contributed by atoms with Crippen LogP contribution in [0, 0.1) is 0 Å². The standard InChI is InChI=1S/C41H28N2/c1-2-14-30(15-3-1)40-34-18-6-8-20-36(34)41(37-21-9-7-19-35(37)40)31-24-26-32(27-25-31)43(39-23-10-11-28-42-39)38-22-12-16-29-13-4-5-17-33(29)38/h1-28H. The summed E-state index contributed by atoms with van der Waals surface area (Å²) in [6.45, 7) is 0. The molecule has 0 aliphatic carbocycles. The molecule has 7 aromatic carbocycles. The van der Waals surface area contributed by atoms with Crippen molar-refractivity contribution >= 4 is 49.5 Å². The van der Waals surface area contributed by atoms with E-state index in [1.54, 1.807) is 0 Å². The number of fused-ring (bicyclic) bond motifs is 3. The lowest BCUT2D eigenvalue weighted by Crippen LogP contribution is -2.11. The van der Waals surface area contributed by atoms with Crippen LogP contribution in [0.25, 0.3) is 54.6 Å². The lowest BCUT2D eigenvalue weighted by molar-refractivity contribution is 1.19. The van der Waals surface area contributed by atoms with Crippen molar-refractivity contribution < 1.29 is 0 Å². The molecule has 2 nitrogen and oxygen atoms in total. The quantitative estimate of drug-likeness (QED) is 0.199. The van der Waals surface area contributed by atoms with Crippen LogP contribution in [0.15, 0.2) is 170 Å². The molecule has 8 aromatic rings. The van der Waals surface area contributed by atoms with Crippen LogP contribution in [0.3, 0.4) is 0 Å². The minimum atomic E-state index is 0.884. The highest BCUT2D eigenvalue weighted by molar-refractivity contribution is 6.21. The molecule has 0 atom stereocenters. The summed E-state index contributed by atoms with van der Waals surface area (Å²) in [5, 5.41) is 7.42. The minimum absolute atomic E-state index is 0.884. The number of benzene rings is 7. The van der Waals surface area contributed by atoms with Crippen molar-refractivity contribution in [3.63, 3.8) is 0 Å². The van der Waals surface area contributed by atoms with Gasteiger partial charge in [0, 0.05) is 17.3 Å². The third-order valence-corrected chi connectivity index (χ3v) is 8.29. The van der Waals surface area contributed by atoms with Gasteiger partial charge >= 0.3 is 0 Å². The lowest BCUT2D eigenvalue weighted by Gasteiger charge is -2.26. The summed E-state index contributed by atoms with van der Waals surface area (Å²) in [7, 11) is 0. The van der Waals surface area contributed by atoms with Crippen molar-refractivity contribution in [1.29, 1.82) is 0 Å². The summed E-state index contributed by atoms with van der Waals surface area (Å²) in [4.78, 5) is 7.02. The Morgan fingerprint density at radius 1 is 0.372 bits per heavy atom. The van der Waals surface area contributed by atoms with E-state index >= 15 is 0 Å². The third kappa shape index (κ3) is 4.32. The van der Waals surface area contributed by atoms with Gasteiger partial charge in [-0.1, -0.05) is 133 Å². The fourth-order valence-electron chi connectivity index (χ4n) is 6.42. The molecule has 0 saturated carbocycles. The first-order valence-corrected chi connectivity index (χ1v) is 14.6. The largest absolute Gasteiger partial charge is 0.294 e. The van der Waals surface area contributed by atoms with E-state index in [-0.39, 0.29) is 0 Å². The molecule has 0 spiro atoms. The summed E-state index contributed by atoms with van der Waals surface area (Å²) in [5.41, 5.74) is 7.13. The molecule has 0 fully saturated rings. The highest BCUT2D eigenvalue weighted by Gasteiger charge is 2.19. The molecule has 0 saturated heterocycles. The first-order valence-electron chi connectivity index (χ1n) is 14.6. The first-order chi connectivity index (χ1) is 21.4. The smallest absolute Gasteiger partial charge is 0.137 e. The van der Waals surface area contributed by atoms with Crippen LogP contribution in [-0.2, 0) is 0 Å². The summed E-state index contributed by atoms with van der Waals surface area (Å²) in [6.07, 6.45) is 1.86. The van der Waals surface area contributed by atoms with Crippen LogP contribution in [0.4, 0.5) is 17.2 Å². The normalized spacial score (nSPS) is 11.3. The number of hydrogen-bond acceptors (Lipinski definition) is 2. The van der Waals surface area contributed by atoms with Gasteiger partial charge in [-0.05, 0) is 79.5 Å². The van der Waals surface area contributed by atoms with Gasteiger partial charge in [-0.25, -0.2) is 4.98 Å². The minimum Gasteiger partial charge on any atom is -0.294 e. The van der Waals surface area contributed by atoms with Crippen LogP contribution in [0.1, 0.15) is 0 Å². The summed E-state index contributed by atoms with van der Waals surface area (Å²) in [6, 6.07) is 58.4. The summed E-state index contributed by atoms with van der Waals surface area (Å²) < 4.78 is 0. The zero-order chi connectivity index (χ0) is 28.6. The van der Waals surface area contributed by atoms with E-state index in [0.29, 0.717) is 0 Å². The third-order valence-electron chi connectivity index (χ3n) is 8.29. The Morgan fingerprint density at radius 3 is 1.49 bits per heavy atom. The van der Waals surface area contributed by atoms with Gasteiger partial charge in [-0.2, -0.15) is 0 Å². The number of nitrogens with zero attached hydrogens (tertiary/aromatic N) is 2. The Balaban J connectivity index is 1.33. The number of anilines is 3. The van der Waals surface area contributed by atoms with E-state index in [0.717, 1.165) is 17.2 Å². The van der Waals surface area contributed by atoms with Crippen LogP contribution in [0.5, 0.6) is 0 Å². The van der Waals surface area contributed by atoms with Gasteiger partial charge in [0.25, 0.3) is 0 Å². The molecule has 1 heterocycles. The maximum Gasteiger partial charge on any atom is 0.137 e. The lowest BCUT2D eigenvalue weighted by atomic mass is 9.86. The molecular formula is C41H28N2. The zero-order valence-electron chi connectivity index (χ0n) is 23.6. The molecule has 0 amide bonds. The molecule has 0 N–H and O–H groups in total. The van der Waals surface area contributed by atoms with Crippen LogP contribution in [-0.4, -0.2) is 4.98 Å². The second-order valence-corrected chi connectivity index (χ2v) is 10.8. The van der Waals surface area contributed by atoms with Crippen molar-refractivity contribution in [2.45, 2.75) is 0 Å². The van der Waals surface area contributed by atoms with Gasteiger partial charge in [-0.3, -0.25) is 4.90 Å². The molecule has 1 aromatic heterocycles. The number of hydrogen-bond donors (Lipinski definition) is 0. The number of rotatable bonds is 5. The molecule has 202 valence electrons. The van der Waals surface area contributed by atoms with Crippen LogP contribution >= 0.6 is 0 Å². The van der Waals surface area contributed by atoms with Crippen molar-refractivity contribution in [2.75, 3.05) is 4.90 Å². The van der Waals surface area contributed by atoms with E-state index in [1.165, 1.54) is 54.6 Å². The molecule has 0 radical (unpaired) electrons. The monoisotopic (exact) mass is 548 g/mol. The Morgan fingerprint density at radius 2 is 0.884 bits per heavy atom. The molecule has 43 heavy (non-hydrogen) atoms. The molecule has 0 bridgehead atoms. The van der Waals surface area contributed by atoms with Crippen molar-refractivity contribution in [3.05, 3.63) is 170 Å². The average Bonchev–Trinajstić information content (AvgIpc) is 3.09. The molecular weight excluding hydrogens is 520 g/mol. The summed E-state index contributed by atoms with van der Waals surface area (Å²) in [5.74, 6) is 0.884. The Labute approximate surface area is 251 Å². The van der Waals surface area contributed by atoms with E-state index in [1.807, 2.05) is 18.3 Å². The number of pyridine rings is 1. The topological polar surface area (TPSA) is 16.1 Å². The van der Waals surface area contributed by atoms with E-state index in [2.05, 4.69) is 157 Å². The molecule has 0 aliphatic rings. The highest BCUT2D eigenvalue weighted by Crippen LogP contribution is 2.44. The predicted octanol–water partition coefficient (Wildman–Crippen LogP) is 11.3. The molecule has 8 rings (SSSR count). The van der Waals surface area contributed by atoms with Crippen LogP contribution < -0.4 is 4.90 Å².